The van der Waals surface area contributed by atoms with Gasteiger partial charge in [-0.25, -0.2) is 14.4 Å². The van der Waals surface area contributed by atoms with E-state index in [1.165, 1.54) is 0 Å². The molecule has 6 aliphatic rings. The molecule has 6 fully saturated rings. The summed E-state index contributed by atoms with van der Waals surface area (Å²) in [5.41, 5.74) is 4.50. The van der Waals surface area contributed by atoms with Gasteiger partial charge >= 0.3 is 17.9 Å². The SMILES string of the molecule is C=C1C[C@H](O)C[C@]2(C)C[C@H]3OC(=O)C(=C)[C@H]3CC12.C=C1C[C@H](OC(=O)c2ccccc2)C[C@]2(C)C[C@H]3OC(=O)C(=C)[C@H]3CC12.O=C(Cl)c1ccccc1. The zero-order chi connectivity index (χ0) is 38.2. The quantitative estimate of drug-likeness (QED) is 0.110. The predicted octanol–water partition coefficient (Wildman–Crippen LogP) is 8.35. The van der Waals surface area contributed by atoms with Crippen molar-refractivity contribution in [2.24, 2.45) is 34.5 Å². The molecule has 2 heterocycles. The largest absolute Gasteiger partial charge is 0.458 e. The number of carbonyl (C=O) groups is 4. The normalized spacial score (nSPS) is 35.4. The molecule has 53 heavy (non-hydrogen) atoms. The lowest BCUT2D eigenvalue weighted by Gasteiger charge is -2.51. The highest BCUT2D eigenvalue weighted by Gasteiger charge is 2.55. The van der Waals surface area contributed by atoms with Gasteiger partial charge in [-0.05, 0) is 91.3 Å². The molecule has 10 atom stereocenters. The van der Waals surface area contributed by atoms with Gasteiger partial charge in [-0.2, -0.15) is 0 Å². The zero-order valence-corrected chi connectivity index (χ0v) is 31.3. The Morgan fingerprint density at radius 3 is 1.64 bits per heavy atom. The second-order valence-electron chi connectivity index (χ2n) is 16.3. The van der Waals surface area contributed by atoms with E-state index in [4.69, 9.17) is 25.8 Å². The van der Waals surface area contributed by atoms with E-state index in [9.17, 15) is 24.3 Å². The average molecular weight is 741 g/mol. The number of carbonyl (C=O) groups excluding carboxylic acids is 4. The first-order valence-corrected chi connectivity index (χ1v) is 18.8. The van der Waals surface area contributed by atoms with Crippen LogP contribution >= 0.6 is 11.6 Å². The number of rotatable bonds is 3. The summed E-state index contributed by atoms with van der Waals surface area (Å²) in [6.07, 6.45) is 5.64. The van der Waals surface area contributed by atoms with E-state index in [0.29, 0.717) is 47.0 Å². The summed E-state index contributed by atoms with van der Waals surface area (Å²) in [5.74, 6) is 0.150. The van der Waals surface area contributed by atoms with Gasteiger partial charge in [-0.15, -0.1) is 0 Å². The Kier molecular flexibility index (Phi) is 11.0. The third-order valence-electron chi connectivity index (χ3n) is 12.5. The number of hydrogen-bond donors (Lipinski definition) is 1. The van der Waals surface area contributed by atoms with Crippen LogP contribution in [0.2, 0.25) is 0 Å². The van der Waals surface area contributed by atoms with Crippen molar-refractivity contribution in [1.82, 2.24) is 0 Å². The maximum atomic E-state index is 12.4. The number of hydrogen-bond acceptors (Lipinski definition) is 8. The van der Waals surface area contributed by atoms with Crippen molar-refractivity contribution in [1.29, 1.82) is 0 Å². The fourth-order valence-corrected chi connectivity index (χ4v) is 10.0. The third kappa shape index (κ3) is 8.00. The molecule has 2 aromatic carbocycles. The van der Waals surface area contributed by atoms with Crippen molar-refractivity contribution in [2.75, 3.05) is 0 Å². The van der Waals surface area contributed by atoms with E-state index in [0.717, 1.165) is 49.7 Å². The summed E-state index contributed by atoms with van der Waals surface area (Å²) in [5, 5.41) is 9.54. The topological polar surface area (TPSA) is 116 Å². The highest BCUT2D eigenvalue weighted by Crippen LogP contribution is 2.58. The lowest BCUT2D eigenvalue weighted by molar-refractivity contribution is -0.144. The van der Waals surface area contributed by atoms with Crippen LogP contribution in [0.25, 0.3) is 0 Å². The minimum atomic E-state index is -0.407. The number of aliphatic hydroxyl groups excluding tert-OH is 1. The fourth-order valence-electron chi connectivity index (χ4n) is 9.88. The van der Waals surface area contributed by atoms with Crippen molar-refractivity contribution in [3.63, 3.8) is 0 Å². The van der Waals surface area contributed by atoms with Crippen LogP contribution in [0.4, 0.5) is 0 Å². The first-order chi connectivity index (χ1) is 25.1. The van der Waals surface area contributed by atoms with Gasteiger partial charge in [0.1, 0.15) is 18.3 Å². The van der Waals surface area contributed by atoms with Crippen LogP contribution in [0.5, 0.6) is 0 Å². The number of benzene rings is 2. The molecule has 4 saturated carbocycles. The van der Waals surface area contributed by atoms with Crippen molar-refractivity contribution < 1.29 is 38.5 Å². The Bertz CT molecular complexity index is 1820. The van der Waals surface area contributed by atoms with E-state index >= 15 is 0 Å². The maximum absolute atomic E-state index is 12.4. The minimum absolute atomic E-state index is 0.0147. The molecule has 4 aliphatic carbocycles. The molecule has 9 heteroatoms. The standard InChI is InChI=1S/C22H24O4.C15H20O3.C7H5ClO/c1-13-9-16(25-21(24)15-7-5-4-6-8-15)11-22(3)12-19-17(10-18(13)22)14(2)20(23)26-19;1-8-4-10(16)6-15(3)7-13-11(5-12(8)15)9(2)14(17)18-13;8-7(9)6-4-2-1-3-5-6/h4-8,16-19H,1-2,9-12H2,3H3;10-13,16H,1-2,4-7H2,3H3;1-5H/t16-,17+,18?,19+,22+;10-,11+,12?,13+,15+;/m00./s1. The van der Waals surface area contributed by atoms with Gasteiger partial charge in [-0.3, -0.25) is 4.79 Å². The van der Waals surface area contributed by atoms with E-state index in [1.807, 2.05) is 24.3 Å². The summed E-state index contributed by atoms with van der Waals surface area (Å²) in [6.45, 7) is 20.6. The second kappa shape index (κ2) is 15.2. The first kappa shape index (κ1) is 38.5. The molecule has 2 aromatic rings. The van der Waals surface area contributed by atoms with Crippen molar-refractivity contribution in [2.45, 2.75) is 89.6 Å². The van der Waals surface area contributed by atoms with Crippen LogP contribution in [0.15, 0.2) is 109 Å². The number of aliphatic hydroxyl groups is 1. The van der Waals surface area contributed by atoms with Crippen LogP contribution in [0.3, 0.4) is 0 Å². The molecule has 8 nitrogen and oxygen atoms in total. The van der Waals surface area contributed by atoms with Crippen LogP contribution in [0.1, 0.15) is 85.9 Å². The van der Waals surface area contributed by atoms with Gasteiger partial charge in [0.15, 0.2) is 0 Å². The van der Waals surface area contributed by atoms with Crippen LogP contribution in [-0.2, 0) is 23.8 Å². The number of esters is 3. The van der Waals surface area contributed by atoms with E-state index in [-0.39, 0.29) is 65.0 Å². The highest BCUT2D eigenvalue weighted by molar-refractivity contribution is 6.67. The lowest BCUT2D eigenvalue weighted by Crippen LogP contribution is -2.47. The van der Waals surface area contributed by atoms with Crippen LogP contribution in [0, 0.1) is 34.5 Å². The predicted molar refractivity (Wildman–Crippen MR) is 202 cm³/mol. The molecule has 0 aromatic heterocycles. The van der Waals surface area contributed by atoms with Crippen LogP contribution < -0.4 is 0 Å². The highest BCUT2D eigenvalue weighted by atomic mass is 35.5. The molecule has 2 aliphatic heterocycles. The molecule has 0 radical (unpaired) electrons. The summed E-state index contributed by atoms with van der Waals surface area (Å²) < 4.78 is 16.7. The molecule has 1 N–H and O–H groups in total. The molecular formula is C44H49ClO8. The van der Waals surface area contributed by atoms with E-state index in [1.54, 1.807) is 36.4 Å². The number of fused-ring (bicyclic) bond motifs is 4. The van der Waals surface area contributed by atoms with Gasteiger partial charge in [0, 0.05) is 35.0 Å². The number of ether oxygens (including phenoxy) is 3. The summed E-state index contributed by atoms with van der Waals surface area (Å²) in [6, 6.07) is 17.8. The molecular weight excluding hydrogens is 692 g/mol. The lowest BCUT2D eigenvalue weighted by atomic mass is 9.55. The van der Waals surface area contributed by atoms with Gasteiger partial charge in [0.25, 0.3) is 5.24 Å². The van der Waals surface area contributed by atoms with E-state index in [2.05, 4.69) is 40.2 Å². The molecule has 2 unspecified atom stereocenters. The molecule has 280 valence electrons. The van der Waals surface area contributed by atoms with Gasteiger partial charge < -0.3 is 19.3 Å². The summed E-state index contributed by atoms with van der Waals surface area (Å²) >= 11 is 5.16. The first-order valence-electron chi connectivity index (χ1n) is 18.4. The smallest absolute Gasteiger partial charge is 0.338 e. The molecule has 0 bridgehead atoms. The molecule has 2 saturated heterocycles. The van der Waals surface area contributed by atoms with Crippen molar-refractivity contribution >= 4 is 34.8 Å². The van der Waals surface area contributed by atoms with Gasteiger partial charge in [-0.1, -0.05) is 99.8 Å². The molecule has 0 spiro atoms. The second-order valence-corrected chi connectivity index (χ2v) is 16.6. The zero-order valence-electron chi connectivity index (χ0n) is 30.6. The molecule has 0 amide bonds. The summed E-state index contributed by atoms with van der Waals surface area (Å²) in [7, 11) is 0. The summed E-state index contributed by atoms with van der Waals surface area (Å²) in [4.78, 5) is 46.3. The Hall–Kier alpha value is -4.27. The van der Waals surface area contributed by atoms with Gasteiger partial charge in [0.2, 0.25) is 0 Å². The fraction of sp³-hybridized carbons (Fsp3) is 0.455. The Labute approximate surface area is 316 Å². The Balaban J connectivity index is 0.000000153. The van der Waals surface area contributed by atoms with Crippen LogP contribution in [-0.4, -0.2) is 52.7 Å². The Morgan fingerprint density at radius 2 is 1.17 bits per heavy atom. The minimum Gasteiger partial charge on any atom is -0.458 e. The number of halogens is 1. The van der Waals surface area contributed by atoms with Crippen molar-refractivity contribution in [3.8, 4) is 0 Å². The van der Waals surface area contributed by atoms with E-state index < -0.39 is 5.24 Å². The van der Waals surface area contributed by atoms with Crippen molar-refractivity contribution in [3.05, 3.63) is 120 Å². The monoisotopic (exact) mass is 740 g/mol. The van der Waals surface area contributed by atoms with Gasteiger partial charge in [0.05, 0.1) is 11.7 Å². The molecule has 8 rings (SSSR count). The Morgan fingerprint density at radius 1 is 0.717 bits per heavy atom. The third-order valence-corrected chi connectivity index (χ3v) is 12.7. The average Bonchev–Trinajstić information content (AvgIpc) is 3.53. The maximum Gasteiger partial charge on any atom is 0.338 e.